The van der Waals surface area contributed by atoms with Gasteiger partial charge in [0.05, 0.1) is 12.6 Å². The molecule has 1 fully saturated rings. The Labute approximate surface area is 140 Å². The maximum absolute atomic E-state index is 13.8. The minimum absolute atomic E-state index is 0.00543. The van der Waals surface area contributed by atoms with Crippen molar-refractivity contribution in [1.82, 2.24) is 10.2 Å². The van der Waals surface area contributed by atoms with Crippen LogP contribution < -0.4 is 5.32 Å². The van der Waals surface area contributed by atoms with E-state index in [1.807, 2.05) is 30.5 Å². The standard InChI is InChI=1S/C18H21FN2OS/c1-13(17-7-4-10-23-17)20-18(22)12-21(15-8-9-15)11-14-5-2-3-6-16(14)19/h2-7,10,13,15H,8-9,11-12H2,1H3,(H,20,22). The second-order valence-electron chi connectivity index (χ2n) is 6.03. The second-order valence-corrected chi connectivity index (χ2v) is 7.01. The van der Waals surface area contributed by atoms with Gasteiger partial charge in [0, 0.05) is 23.0 Å². The average Bonchev–Trinajstić information content (AvgIpc) is 3.22. The molecule has 1 amide bonds. The van der Waals surface area contributed by atoms with Crippen molar-refractivity contribution < 1.29 is 9.18 Å². The van der Waals surface area contributed by atoms with Crippen molar-refractivity contribution in [3.05, 3.63) is 58.0 Å². The number of rotatable bonds is 7. The highest BCUT2D eigenvalue weighted by atomic mass is 32.1. The van der Waals surface area contributed by atoms with Crippen LogP contribution in [0, 0.1) is 5.82 Å². The van der Waals surface area contributed by atoms with E-state index in [0.717, 1.165) is 17.7 Å². The summed E-state index contributed by atoms with van der Waals surface area (Å²) in [5.74, 6) is -0.209. The first-order valence-corrected chi connectivity index (χ1v) is 8.81. The number of carbonyl (C=O) groups is 1. The Kier molecular flexibility index (Phi) is 5.08. The number of carbonyl (C=O) groups excluding carboxylic acids is 1. The predicted molar refractivity (Wildman–Crippen MR) is 90.7 cm³/mol. The monoisotopic (exact) mass is 332 g/mol. The first kappa shape index (κ1) is 16.1. The number of halogens is 1. The fourth-order valence-corrected chi connectivity index (χ4v) is 3.41. The zero-order chi connectivity index (χ0) is 16.2. The van der Waals surface area contributed by atoms with Crippen molar-refractivity contribution in [3.63, 3.8) is 0 Å². The van der Waals surface area contributed by atoms with Crippen LogP contribution in [0.4, 0.5) is 4.39 Å². The number of nitrogens with zero attached hydrogens (tertiary/aromatic N) is 1. The third-order valence-electron chi connectivity index (χ3n) is 4.09. The molecule has 3 nitrogen and oxygen atoms in total. The molecule has 1 aliphatic rings. The minimum Gasteiger partial charge on any atom is -0.348 e. The fraction of sp³-hybridized carbons (Fsp3) is 0.389. The molecule has 0 radical (unpaired) electrons. The molecule has 0 aliphatic heterocycles. The molecule has 0 bridgehead atoms. The lowest BCUT2D eigenvalue weighted by molar-refractivity contribution is -0.123. The zero-order valence-corrected chi connectivity index (χ0v) is 14.0. The third kappa shape index (κ3) is 4.39. The van der Waals surface area contributed by atoms with E-state index in [1.165, 1.54) is 6.07 Å². The van der Waals surface area contributed by atoms with Crippen LogP contribution in [0.25, 0.3) is 0 Å². The van der Waals surface area contributed by atoms with E-state index in [1.54, 1.807) is 23.5 Å². The lowest BCUT2D eigenvalue weighted by atomic mass is 10.2. The van der Waals surface area contributed by atoms with Crippen molar-refractivity contribution in [1.29, 1.82) is 0 Å². The molecule has 122 valence electrons. The molecular weight excluding hydrogens is 311 g/mol. The first-order chi connectivity index (χ1) is 11.1. The average molecular weight is 332 g/mol. The van der Waals surface area contributed by atoms with Gasteiger partial charge in [0.2, 0.25) is 5.91 Å². The lowest BCUT2D eigenvalue weighted by Gasteiger charge is -2.23. The number of hydrogen-bond acceptors (Lipinski definition) is 3. The topological polar surface area (TPSA) is 32.3 Å². The Balaban J connectivity index is 1.59. The molecule has 1 unspecified atom stereocenters. The van der Waals surface area contributed by atoms with Gasteiger partial charge in [-0.15, -0.1) is 11.3 Å². The normalized spacial score (nSPS) is 15.6. The van der Waals surface area contributed by atoms with Crippen LogP contribution in [0.5, 0.6) is 0 Å². The van der Waals surface area contributed by atoms with Crippen molar-refractivity contribution >= 4 is 17.2 Å². The van der Waals surface area contributed by atoms with E-state index in [-0.39, 0.29) is 17.8 Å². The molecule has 1 saturated carbocycles. The van der Waals surface area contributed by atoms with Crippen molar-refractivity contribution in [2.24, 2.45) is 0 Å². The van der Waals surface area contributed by atoms with E-state index in [2.05, 4.69) is 10.2 Å². The molecular formula is C18H21FN2OS. The number of amides is 1. The Hall–Kier alpha value is -1.72. The van der Waals surface area contributed by atoms with Crippen LogP contribution in [-0.2, 0) is 11.3 Å². The summed E-state index contributed by atoms with van der Waals surface area (Å²) in [6.07, 6.45) is 2.17. The summed E-state index contributed by atoms with van der Waals surface area (Å²) in [4.78, 5) is 15.5. The van der Waals surface area contributed by atoms with Gasteiger partial charge in [-0.1, -0.05) is 24.3 Å². The van der Waals surface area contributed by atoms with Crippen LogP contribution in [0.2, 0.25) is 0 Å². The van der Waals surface area contributed by atoms with Crippen LogP contribution >= 0.6 is 11.3 Å². The molecule has 1 aliphatic carbocycles. The van der Waals surface area contributed by atoms with Gasteiger partial charge in [0.1, 0.15) is 5.82 Å². The maximum atomic E-state index is 13.8. The molecule has 5 heteroatoms. The first-order valence-electron chi connectivity index (χ1n) is 7.93. The van der Waals surface area contributed by atoms with Gasteiger partial charge in [0.25, 0.3) is 0 Å². The number of hydrogen-bond donors (Lipinski definition) is 1. The quantitative estimate of drug-likeness (QED) is 0.838. The summed E-state index contributed by atoms with van der Waals surface area (Å²) < 4.78 is 13.8. The molecule has 1 atom stereocenters. The van der Waals surface area contributed by atoms with Gasteiger partial charge in [-0.2, -0.15) is 0 Å². The summed E-state index contributed by atoms with van der Waals surface area (Å²) in [5.41, 5.74) is 0.651. The predicted octanol–water partition coefficient (Wildman–Crippen LogP) is 3.73. The van der Waals surface area contributed by atoms with Crippen molar-refractivity contribution in [2.45, 2.75) is 38.4 Å². The highest BCUT2D eigenvalue weighted by Gasteiger charge is 2.31. The summed E-state index contributed by atoms with van der Waals surface area (Å²) >= 11 is 1.64. The van der Waals surface area contributed by atoms with Crippen LogP contribution in [0.15, 0.2) is 41.8 Å². The zero-order valence-electron chi connectivity index (χ0n) is 13.2. The van der Waals surface area contributed by atoms with E-state index in [9.17, 15) is 9.18 Å². The number of nitrogens with one attached hydrogen (secondary N) is 1. The largest absolute Gasteiger partial charge is 0.348 e. The van der Waals surface area contributed by atoms with Gasteiger partial charge in [-0.25, -0.2) is 4.39 Å². The fourth-order valence-electron chi connectivity index (χ4n) is 2.68. The highest BCUT2D eigenvalue weighted by molar-refractivity contribution is 7.10. The molecule has 0 spiro atoms. The summed E-state index contributed by atoms with van der Waals surface area (Å²) in [7, 11) is 0. The maximum Gasteiger partial charge on any atom is 0.234 e. The van der Waals surface area contributed by atoms with Gasteiger partial charge < -0.3 is 5.32 Å². The number of benzene rings is 1. The molecule has 1 heterocycles. The van der Waals surface area contributed by atoms with E-state index >= 15 is 0 Å². The minimum atomic E-state index is -0.203. The highest BCUT2D eigenvalue weighted by Crippen LogP contribution is 2.28. The van der Waals surface area contributed by atoms with E-state index in [0.29, 0.717) is 24.7 Å². The van der Waals surface area contributed by atoms with Crippen molar-refractivity contribution in [3.8, 4) is 0 Å². The van der Waals surface area contributed by atoms with Crippen LogP contribution in [-0.4, -0.2) is 23.4 Å². The van der Waals surface area contributed by atoms with Crippen LogP contribution in [0.3, 0.4) is 0 Å². The SMILES string of the molecule is CC(NC(=O)CN(Cc1ccccc1F)C1CC1)c1cccs1. The molecule has 2 aromatic rings. The molecule has 1 aromatic carbocycles. The smallest absolute Gasteiger partial charge is 0.234 e. The Morgan fingerprint density at radius 2 is 2.13 bits per heavy atom. The summed E-state index contributed by atoms with van der Waals surface area (Å²) in [6, 6.07) is 11.2. The summed E-state index contributed by atoms with van der Waals surface area (Å²) in [6.45, 7) is 2.79. The third-order valence-corrected chi connectivity index (χ3v) is 5.14. The Morgan fingerprint density at radius 1 is 1.35 bits per heavy atom. The molecule has 23 heavy (non-hydrogen) atoms. The van der Waals surface area contributed by atoms with E-state index < -0.39 is 0 Å². The second kappa shape index (κ2) is 7.23. The van der Waals surface area contributed by atoms with Crippen LogP contribution in [0.1, 0.15) is 36.2 Å². The Bertz CT molecular complexity index is 655. The van der Waals surface area contributed by atoms with E-state index in [4.69, 9.17) is 0 Å². The van der Waals surface area contributed by atoms with Crippen molar-refractivity contribution in [2.75, 3.05) is 6.54 Å². The van der Waals surface area contributed by atoms with Gasteiger partial charge >= 0.3 is 0 Å². The van der Waals surface area contributed by atoms with Gasteiger partial charge in [0.15, 0.2) is 0 Å². The molecule has 3 rings (SSSR count). The lowest BCUT2D eigenvalue weighted by Crippen LogP contribution is -2.39. The molecule has 1 N–H and O–H groups in total. The summed E-state index contributed by atoms with van der Waals surface area (Å²) in [5, 5.41) is 5.04. The van der Waals surface area contributed by atoms with Gasteiger partial charge in [-0.05, 0) is 37.3 Å². The number of thiophene rings is 1. The molecule has 1 aromatic heterocycles. The molecule has 0 saturated heterocycles. The van der Waals surface area contributed by atoms with Gasteiger partial charge in [-0.3, -0.25) is 9.69 Å². The Morgan fingerprint density at radius 3 is 2.78 bits per heavy atom.